The first kappa shape index (κ1) is 24.3. The number of carbonyl (C=O) groups is 1. The Bertz CT molecular complexity index is 1420. The fraction of sp³-hybridized carbons (Fsp3) is 0.160. The van der Waals surface area contributed by atoms with Crippen molar-refractivity contribution in [1.29, 1.82) is 0 Å². The number of halogens is 1. The summed E-state index contributed by atoms with van der Waals surface area (Å²) < 4.78 is 35.0. The van der Waals surface area contributed by atoms with Crippen molar-refractivity contribution in [3.63, 3.8) is 0 Å². The van der Waals surface area contributed by atoms with Crippen molar-refractivity contribution in [1.82, 2.24) is 0 Å². The maximum atomic E-state index is 13.2. The van der Waals surface area contributed by atoms with Crippen molar-refractivity contribution in [3.8, 4) is 5.75 Å². The van der Waals surface area contributed by atoms with Crippen LogP contribution in [-0.4, -0.2) is 27.5 Å². The summed E-state index contributed by atoms with van der Waals surface area (Å²) in [7, 11) is -3.72. The van der Waals surface area contributed by atoms with E-state index >= 15 is 0 Å². The predicted molar refractivity (Wildman–Crippen MR) is 142 cm³/mol. The molecule has 9 heteroatoms. The summed E-state index contributed by atoms with van der Waals surface area (Å²) in [6, 6.07) is 21.0. The van der Waals surface area contributed by atoms with Crippen LogP contribution in [0.25, 0.3) is 10.1 Å². The van der Waals surface area contributed by atoms with E-state index in [-0.39, 0.29) is 17.3 Å². The number of hydrogen-bond donors (Lipinski definition) is 1. The minimum atomic E-state index is -3.72. The molecule has 0 aliphatic carbocycles. The molecule has 0 fully saturated rings. The summed E-state index contributed by atoms with van der Waals surface area (Å²) in [5.41, 5.74) is 1.22. The first-order valence-corrected chi connectivity index (χ1v) is 13.7. The van der Waals surface area contributed by atoms with Gasteiger partial charge in [-0.25, -0.2) is 8.42 Å². The summed E-state index contributed by atoms with van der Waals surface area (Å²) in [5, 5.41) is 3.70. The van der Waals surface area contributed by atoms with E-state index in [9.17, 15) is 13.2 Å². The van der Waals surface area contributed by atoms with Crippen molar-refractivity contribution in [3.05, 3.63) is 82.1 Å². The number of carbonyl (C=O) groups excluding carboxylic acids is 1. The summed E-state index contributed by atoms with van der Waals surface area (Å²) in [4.78, 5) is 13.6. The van der Waals surface area contributed by atoms with Crippen LogP contribution in [0, 0.1) is 0 Å². The van der Waals surface area contributed by atoms with Crippen LogP contribution < -0.4 is 14.4 Å². The van der Waals surface area contributed by atoms with Gasteiger partial charge in [-0.3, -0.25) is 9.10 Å². The molecule has 176 valence electrons. The number of rotatable bonds is 8. The second-order valence-corrected chi connectivity index (χ2v) is 11.2. The van der Waals surface area contributed by atoms with Crippen molar-refractivity contribution in [2.75, 3.05) is 22.8 Å². The number of ether oxygens (including phenoxy) is 1. The van der Waals surface area contributed by atoms with Gasteiger partial charge in [0, 0.05) is 21.4 Å². The van der Waals surface area contributed by atoms with Gasteiger partial charge in [0.1, 0.15) is 5.75 Å². The number of nitrogens with one attached hydrogen (secondary N) is 1. The fourth-order valence-electron chi connectivity index (χ4n) is 3.52. The van der Waals surface area contributed by atoms with E-state index in [1.54, 1.807) is 61.5 Å². The smallest absolute Gasteiger partial charge is 0.265 e. The SMILES string of the molecule is CCOc1ccc(NC(=O)c2cc3cc(N(CC)S(=O)(=O)c4ccc(Br)cc4)ccc3s2)cc1. The van der Waals surface area contributed by atoms with Gasteiger partial charge in [0.05, 0.1) is 22.1 Å². The molecule has 6 nitrogen and oxygen atoms in total. The molecule has 1 N–H and O–H groups in total. The second kappa shape index (κ2) is 10.2. The highest BCUT2D eigenvalue weighted by molar-refractivity contribution is 9.10. The molecule has 3 aromatic carbocycles. The van der Waals surface area contributed by atoms with Gasteiger partial charge in [0.15, 0.2) is 0 Å². The molecular weight excluding hydrogens is 536 g/mol. The van der Waals surface area contributed by atoms with Crippen molar-refractivity contribution in [2.24, 2.45) is 0 Å². The number of anilines is 2. The van der Waals surface area contributed by atoms with Crippen LogP contribution in [0.1, 0.15) is 23.5 Å². The molecule has 0 saturated heterocycles. The number of amides is 1. The summed E-state index contributed by atoms with van der Waals surface area (Å²) in [5.74, 6) is 0.523. The van der Waals surface area contributed by atoms with E-state index in [0.29, 0.717) is 22.9 Å². The van der Waals surface area contributed by atoms with Gasteiger partial charge in [0.25, 0.3) is 15.9 Å². The Morgan fingerprint density at radius 3 is 2.35 bits per heavy atom. The lowest BCUT2D eigenvalue weighted by Crippen LogP contribution is -2.30. The maximum absolute atomic E-state index is 13.2. The highest BCUT2D eigenvalue weighted by Crippen LogP contribution is 2.32. The average Bonchev–Trinajstić information content (AvgIpc) is 3.25. The van der Waals surface area contributed by atoms with E-state index < -0.39 is 10.0 Å². The minimum absolute atomic E-state index is 0.221. The van der Waals surface area contributed by atoms with Crippen LogP contribution in [0.4, 0.5) is 11.4 Å². The maximum Gasteiger partial charge on any atom is 0.265 e. The van der Waals surface area contributed by atoms with Crippen LogP contribution in [-0.2, 0) is 10.0 Å². The van der Waals surface area contributed by atoms with Crippen molar-refractivity contribution in [2.45, 2.75) is 18.7 Å². The lowest BCUT2D eigenvalue weighted by Gasteiger charge is -2.23. The van der Waals surface area contributed by atoms with Crippen LogP contribution in [0.5, 0.6) is 5.75 Å². The van der Waals surface area contributed by atoms with Gasteiger partial charge in [-0.05, 0) is 92.0 Å². The molecule has 1 aromatic heterocycles. The standard InChI is InChI=1S/C25H23BrN2O4S2/c1-3-28(34(30,31)22-12-5-18(26)6-13-22)20-9-14-23-17(15-20)16-24(33-23)25(29)27-19-7-10-21(11-8-19)32-4-2/h5-16H,3-4H2,1-2H3,(H,27,29). The Kier molecular flexibility index (Phi) is 7.25. The minimum Gasteiger partial charge on any atom is -0.494 e. The molecule has 0 atom stereocenters. The third-order valence-electron chi connectivity index (χ3n) is 5.12. The predicted octanol–water partition coefficient (Wildman–Crippen LogP) is 6.53. The zero-order valence-corrected chi connectivity index (χ0v) is 21.8. The molecular formula is C25H23BrN2O4S2. The largest absolute Gasteiger partial charge is 0.494 e. The first-order valence-electron chi connectivity index (χ1n) is 10.7. The highest BCUT2D eigenvalue weighted by Gasteiger charge is 2.24. The molecule has 0 radical (unpaired) electrons. The van der Waals surface area contributed by atoms with Crippen molar-refractivity contribution >= 4 is 64.7 Å². The number of fused-ring (bicyclic) bond motifs is 1. The van der Waals surface area contributed by atoms with Gasteiger partial charge in [-0.1, -0.05) is 15.9 Å². The van der Waals surface area contributed by atoms with Crippen LogP contribution in [0.2, 0.25) is 0 Å². The number of sulfonamides is 1. The monoisotopic (exact) mass is 558 g/mol. The topological polar surface area (TPSA) is 75.7 Å². The summed E-state index contributed by atoms with van der Waals surface area (Å²) >= 11 is 4.70. The third-order valence-corrected chi connectivity index (χ3v) is 8.68. The summed E-state index contributed by atoms with van der Waals surface area (Å²) in [6.45, 7) is 4.57. The quantitative estimate of drug-likeness (QED) is 0.266. The van der Waals surface area contributed by atoms with E-state index in [4.69, 9.17) is 4.74 Å². The lowest BCUT2D eigenvalue weighted by molar-refractivity contribution is 0.103. The Hall–Kier alpha value is -2.88. The Morgan fingerprint density at radius 2 is 1.71 bits per heavy atom. The van der Waals surface area contributed by atoms with E-state index in [0.717, 1.165) is 20.3 Å². The average molecular weight is 560 g/mol. The molecule has 1 amide bonds. The zero-order valence-electron chi connectivity index (χ0n) is 18.6. The van der Waals surface area contributed by atoms with Gasteiger partial charge in [-0.2, -0.15) is 0 Å². The number of nitrogens with zero attached hydrogens (tertiary/aromatic N) is 1. The molecule has 1 heterocycles. The number of benzene rings is 3. The van der Waals surface area contributed by atoms with Gasteiger partial charge < -0.3 is 10.1 Å². The Balaban J connectivity index is 1.58. The third kappa shape index (κ3) is 5.11. The van der Waals surface area contributed by atoms with Gasteiger partial charge in [0.2, 0.25) is 0 Å². The Labute approximate surface area is 211 Å². The lowest BCUT2D eigenvalue weighted by atomic mass is 10.2. The summed E-state index contributed by atoms with van der Waals surface area (Å²) in [6.07, 6.45) is 0. The van der Waals surface area contributed by atoms with Gasteiger partial charge in [-0.15, -0.1) is 11.3 Å². The molecule has 0 unspecified atom stereocenters. The van der Waals surface area contributed by atoms with E-state index in [2.05, 4.69) is 21.2 Å². The van der Waals surface area contributed by atoms with E-state index in [1.807, 2.05) is 25.1 Å². The second-order valence-electron chi connectivity index (χ2n) is 7.37. The molecule has 4 rings (SSSR count). The molecule has 0 spiro atoms. The normalized spacial score (nSPS) is 11.4. The van der Waals surface area contributed by atoms with Crippen molar-refractivity contribution < 1.29 is 17.9 Å². The molecule has 0 saturated carbocycles. The van der Waals surface area contributed by atoms with Crippen LogP contribution in [0.3, 0.4) is 0 Å². The van der Waals surface area contributed by atoms with Crippen LogP contribution in [0.15, 0.2) is 82.2 Å². The number of thiophene rings is 1. The fourth-order valence-corrected chi connectivity index (χ4v) is 6.18. The van der Waals surface area contributed by atoms with Crippen LogP contribution >= 0.6 is 27.3 Å². The van der Waals surface area contributed by atoms with E-state index in [1.165, 1.54) is 15.6 Å². The molecule has 34 heavy (non-hydrogen) atoms. The molecule has 0 bridgehead atoms. The first-order chi connectivity index (χ1) is 16.3. The molecule has 4 aromatic rings. The highest BCUT2D eigenvalue weighted by atomic mass is 79.9. The number of hydrogen-bond acceptors (Lipinski definition) is 5. The molecule has 0 aliphatic heterocycles. The Morgan fingerprint density at radius 1 is 1.00 bits per heavy atom. The zero-order chi connectivity index (χ0) is 24.3. The van der Waals surface area contributed by atoms with Gasteiger partial charge >= 0.3 is 0 Å². The molecule has 0 aliphatic rings.